The van der Waals surface area contributed by atoms with E-state index in [1.165, 1.54) is 40.7 Å². The monoisotopic (exact) mass is 437 g/mol. The molecule has 1 unspecified atom stereocenters. The Kier molecular flexibility index (Phi) is 5.90. The molecule has 8 heteroatoms. The first kappa shape index (κ1) is 21.2. The molecule has 1 atom stereocenters. The van der Waals surface area contributed by atoms with Crippen molar-refractivity contribution in [3.8, 4) is 6.07 Å². The van der Waals surface area contributed by atoms with Crippen LogP contribution in [0.2, 0.25) is 0 Å². The summed E-state index contributed by atoms with van der Waals surface area (Å²) in [6, 6.07) is 14.8. The number of nitrogens with zero attached hydrogens (tertiary/aromatic N) is 3. The zero-order valence-electron chi connectivity index (χ0n) is 17.0. The second-order valence-corrected chi connectivity index (χ2v) is 9.73. The minimum atomic E-state index is -3.97. The van der Waals surface area contributed by atoms with E-state index in [0.717, 1.165) is 24.2 Å². The molecule has 1 aliphatic carbocycles. The van der Waals surface area contributed by atoms with E-state index in [1.807, 2.05) is 6.07 Å². The Hall–Kier alpha value is -3.02. The van der Waals surface area contributed by atoms with E-state index in [0.29, 0.717) is 24.1 Å². The summed E-state index contributed by atoms with van der Waals surface area (Å²) in [5.41, 5.74) is 0.757. The van der Waals surface area contributed by atoms with Gasteiger partial charge in [0.15, 0.2) is 0 Å². The quantitative estimate of drug-likeness (QED) is 0.669. The number of amides is 2. The van der Waals surface area contributed by atoms with Gasteiger partial charge in [0.25, 0.3) is 5.91 Å². The average molecular weight is 438 g/mol. The number of hydrogen-bond donors (Lipinski definition) is 0. The Morgan fingerprint density at radius 3 is 2.19 bits per heavy atom. The average Bonchev–Trinajstić information content (AvgIpc) is 3.08. The molecule has 1 saturated heterocycles. The molecule has 0 bridgehead atoms. The summed E-state index contributed by atoms with van der Waals surface area (Å²) < 4.78 is 28.5. The minimum absolute atomic E-state index is 0.123. The van der Waals surface area contributed by atoms with Gasteiger partial charge in [-0.2, -0.15) is 9.57 Å². The largest absolute Gasteiger partial charge is 0.274 e. The highest BCUT2D eigenvalue weighted by Crippen LogP contribution is 2.35. The van der Waals surface area contributed by atoms with Crippen LogP contribution in [0.25, 0.3) is 0 Å². The molecule has 31 heavy (non-hydrogen) atoms. The van der Waals surface area contributed by atoms with Gasteiger partial charge in [-0.3, -0.25) is 9.59 Å². The zero-order valence-corrected chi connectivity index (χ0v) is 17.8. The Morgan fingerprint density at radius 2 is 1.58 bits per heavy atom. The van der Waals surface area contributed by atoms with Crippen molar-refractivity contribution in [1.29, 1.82) is 5.26 Å². The first-order valence-electron chi connectivity index (χ1n) is 10.4. The highest BCUT2D eigenvalue weighted by molar-refractivity contribution is 7.89. The first-order valence-corrected chi connectivity index (χ1v) is 11.8. The van der Waals surface area contributed by atoms with Crippen LogP contribution in [0.5, 0.6) is 0 Å². The SMILES string of the molecule is N#Cc1ccc(N2C(=O)CC(N(C3CCCCC3)S(=O)(=O)c3ccccc3)C2=O)cc1. The van der Waals surface area contributed by atoms with Crippen LogP contribution in [-0.2, 0) is 19.6 Å². The second kappa shape index (κ2) is 8.61. The van der Waals surface area contributed by atoms with E-state index in [9.17, 15) is 18.0 Å². The van der Waals surface area contributed by atoms with Gasteiger partial charge in [0.2, 0.25) is 15.9 Å². The molecule has 0 N–H and O–H groups in total. The predicted octanol–water partition coefficient (Wildman–Crippen LogP) is 3.21. The van der Waals surface area contributed by atoms with Crippen LogP contribution in [0.1, 0.15) is 44.1 Å². The normalized spacial score (nSPS) is 20.3. The molecule has 2 aromatic rings. The summed E-state index contributed by atoms with van der Waals surface area (Å²) in [4.78, 5) is 27.4. The molecule has 0 spiro atoms. The summed E-state index contributed by atoms with van der Waals surface area (Å²) in [6.45, 7) is 0. The van der Waals surface area contributed by atoms with Gasteiger partial charge in [-0.1, -0.05) is 37.5 Å². The van der Waals surface area contributed by atoms with E-state index in [4.69, 9.17) is 5.26 Å². The number of rotatable bonds is 5. The summed E-state index contributed by atoms with van der Waals surface area (Å²) in [5.74, 6) is -0.983. The Labute approximate surface area is 181 Å². The summed E-state index contributed by atoms with van der Waals surface area (Å²) >= 11 is 0. The van der Waals surface area contributed by atoms with Gasteiger partial charge in [-0.05, 0) is 49.2 Å². The summed E-state index contributed by atoms with van der Waals surface area (Å²) in [7, 11) is -3.97. The molecule has 0 radical (unpaired) electrons. The van der Waals surface area contributed by atoms with Crippen molar-refractivity contribution in [2.24, 2.45) is 0 Å². The lowest BCUT2D eigenvalue weighted by atomic mass is 9.94. The van der Waals surface area contributed by atoms with Crippen LogP contribution in [0.3, 0.4) is 0 Å². The number of imide groups is 1. The molecule has 7 nitrogen and oxygen atoms in total. The number of sulfonamides is 1. The number of carbonyl (C=O) groups is 2. The highest BCUT2D eigenvalue weighted by atomic mass is 32.2. The van der Waals surface area contributed by atoms with Gasteiger partial charge < -0.3 is 0 Å². The Bertz CT molecular complexity index is 1120. The van der Waals surface area contributed by atoms with Crippen molar-refractivity contribution >= 4 is 27.5 Å². The van der Waals surface area contributed by atoms with Crippen molar-refractivity contribution in [2.45, 2.75) is 55.5 Å². The first-order chi connectivity index (χ1) is 14.9. The van der Waals surface area contributed by atoms with Crippen molar-refractivity contribution in [3.05, 3.63) is 60.2 Å². The van der Waals surface area contributed by atoms with Gasteiger partial charge in [0, 0.05) is 6.04 Å². The molecule has 160 valence electrons. The van der Waals surface area contributed by atoms with Crippen LogP contribution < -0.4 is 4.90 Å². The molecule has 4 rings (SSSR count). The number of hydrogen-bond acceptors (Lipinski definition) is 5. The minimum Gasteiger partial charge on any atom is -0.274 e. The molecule has 2 fully saturated rings. The van der Waals surface area contributed by atoms with Gasteiger partial charge in [-0.25, -0.2) is 13.3 Å². The third-order valence-corrected chi connectivity index (χ3v) is 7.91. The van der Waals surface area contributed by atoms with Crippen molar-refractivity contribution < 1.29 is 18.0 Å². The smallest absolute Gasteiger partial charge is 0.252 e. The van der Waals surface area contributed by atoms with E-state index >= 15 is 0 Å². The lowest BCUT2D eigenvalue weighted by Crippen LogP contribution is -2.51. The Balaban J connectivity index is 1.72. The predicted molar refractivity (Wildman–Crippen MR) is 114 cm³/mol. The molecule has 0 aromatic heterocycles. The second-order valence-electron chi connectivity index (χ2n) is 7.89. The molecular formula is C23H23N3O4S. The third kappa shape index (κ3) is 3.99. The van der Waals surface area contributed by atoms with Gasteiger partial charge in [0.05, 0.1) is 28.6 Å². The van der Waals surface area contributed by atoms with Crippen molar-refractivity contribution in [2.75, 3.05) is 4.90 Å². The molecule has 2 aromatic carbocycles. The van der Waals surface area contributed by atoms with Crippen LogP contribution in [0.4, 0.5) is 5.69 Å². The van der Waals surface area contributed by atoms with Crippen LogP contribution in [0.15, 0.2) is 59.5 Å². The lowest BCUT2D eigenvalue weighted by molar-refractivity contribution is -0.122. The van der Waals surface area contributed by atoms with Gasteiger partial charge >= 0.3 is 0 Å². The van der Waals surface area contributed by atoms with Gasteiger partial charge in [-0.15, -0.1) is 0 Å². The van der Waals surface area contributed by atoms with Gasteiger partial charge in [0.1, 0.15) is 6.04 Å². The number of carbonyl (C=O) groups excluding carboxylic acids is 2. The Morgan fingerprint density at radius 1 is 0.935 bits per heavy atom. The number of benzene rings is 2. The fraction of sp³-hybridized carbons (Fsp3) is 0.348. The summed E-state index contributed by atoms with van der Waals surface area (Å²) in [5, 5.41) is 8.98. The van der Waals surface area contributed by atoms with Crippen LogP contribution in [-0.4, -0.2) is 36.6 Å². The molecule has 1 saturated carbocycles. The van der Waals surface area contributed by atoms with Crippen molar-refractivity contribution in [3.63, 3.8) is 0 Å². The van der Waals surface area contributed by atoms with Crippen LogP contribution in [0, 0.1) is 11.3 Å². The van der Waals surface area contributed by atoms with Crippen molar-refractivity contribution in [1.82, 2.24) is 4.31 Å². The molecule has 1 heterocycles. The fourth-order valence-electron chi connectivity index (χ4n) is 4.44. The zero-order chi connectivity index (χ0) is 22.0. The maximum atomic E-state index is 13.6. The van der Waals surface area contributed by atoms with E-state index in [2.05, 4.69) is 0 Å². The standard InChI is InChI=1S/C23H23N3O4S/c24-16-17-11-13-18(14-12-17)25-22(27)15-21(23(25)28)26(19-7-3-1-4-8-19)31(29,30)20-9-5-2-6-10-20/h2,5-6,9-14,19,21H,1,3-4,7-8,15H2. The van der Waals surface area contributed by atoms with E-state index in [1.54, 1.807) is 18.2 Å². The molecule has 2 amide bonds. The number of anilines is 1. The molecular weight excluding hydrogens is 414 g/mol. The third-order valence-electron chi connectivity index (χ3n) is 5.94. The summed E-state index contributed by atoms with van der Waals surface area (Å²) in [6.07, 6.45) is 3.95. The lowest BCUT2D eigenvalue weighted by Gasteiger charge is -2.36. The molecule has 1 aliphatic heterocycles. The maximum absolute atomic E-state index is 13.6. The highest BCUT2D eigenvalue weighted by Gasteiger charge is 2.49. The maximum Gasteiger partial charge on any atom is 0.252 e. The van der Waals surface area contributed by atoms with E-state index < -0.39 is 27.9 Å². The number of nitriles is 1. The molecule has 2 aliphatic rings. The fourth-order valence-corrected chi connectivity index (χ4v) is 6.29. The topological polar surface area (TPSA) is 98.5 Å². The van der Waals surface area contributed by atoms with Crippen LogP contribution >= 0.6 is 0 Å². The van der Waals surface area contributed by atoms with E-state index in [-0.39, 0.29) is 17.4 Å².